The number of hydrogen-bond donors (Lipinski definition) is 2. The zero-order valence-electron chi connectivity index (χ0n) is 14.0. The summed E-state index contributed by atoms with van der Waals surface area (Å²) in [4.78, 5) is 24.3. The number of aliphatic carboxylic acids is 1. The zero-order chi connectivity index (χ0) is 21.1. The lowest BCUT2D eigenvalue weighted by atomic mass is 10.3. The van der Waals surface area contributed by atoms with Crippen LogP contribution in [0.1, 0.15) is 0 Å². The number of methoxy groups -OCH3 is 1. The maximum Gasteiger partial charge on any atom is 0.490 e. The van der Waals surface area contributed by atoms with Gasteiger partial charge in [0.1, 0.15) is 5.82 Å². The first kappa shape index (κ1) is 24.4. The minimum Gasteiger partial charge on any atom is -0.481 e. The van der Waals surface area contributed by atoms with Gasteiger partial charge in [-0.1, -0.05) is 6.07 Å². The molecule has 0 amide bonds. The van der Waals surface area contributed by atoms with Crippen molar-refractivity contribution >= 4 is 18.1 Å². The molecule has 1 fully saturated rings. The zero-order valence-corrected chi connectivity index (χ0v) is 14.0. The summed E-state index contributed by atoms with van der Waals surface area (Å²) in [5.74, 6) is -1.07. The predicted molar refractivity (Wildman–Crippen MR) is 81.7 cm³/mol. The highest BCUT2D eigenvalue weighted by Gasteiger charge is 2.38. The smallest absolute Gasteiger partial charge is 0.481 e. The van der Waals surface area contributed by atoms with Crippen LogP contribution >= 0.6 is 0 Å². The Morgan fingerprint density at radius 2 is 1.70 bits per heavy atom. The molecule has 1 aliphatic rings. The molecule has 2 heterocycles. The number of rotatable bonds is 2. The van der Waals surface area contributed by atoms with Crippen molar-refractivity contribution in [2.75, 3.05) is 38.2 Å². The molecule has 27 heavy (non-hydrogen) atoms. The second kappa shape index (κ2) is 11.2. The van der Waals surface area contributed by atoms with Crippen molar-refractivity contribution in [3.63, 3.8) is 0 Å². The maximum atomic E-state index is 10.6. The van der Waals surface area contributed by atoms with E-state index >= 15 is 0 Å². The molecule has 0 unspecified atom stereocenters. The molecule has 0 radical (unpaired) electrons. The first-order valence-corrected chi connectivity index (χ1v) is 7.20. The molecule has 0 spiro atoms. The molecule has 7 nitrogen and oxygen atoms in total. The number of nitrogens with one attached hydrogen (secondary N) is 1. The number of hydrogen-bond acceptors (Lipinski definition) is 6. The average molecular weight is 405 g/mol. The lowest BCUT2D eigenvalue weighted by Crippen LogP contribution is -2.43. The summed E-state index contributed by atoms with van der Waals surface area (Å²) in [6, 6.07) is 5.86. The number of aldehydes is 1. The standard InChI is InChI=1S/C10H15N3O.C2HF3O2.C2HF3O/c1-14-10-4-2-3-9(12-10)13-7-5-11-6-8-13;3-2(4,5)1(6)7;3-2(4,5)1-6/h2-4,11H,5-8H2,1H3;(H,6,7);1H. The van der Waals surface area contributed by atoms with Gasteiger partial charge in [-0.25, -0.2) is 4.79 Å². The van der Waals surface area contributed by atoms with Crippen molar-refractivity contribution < 1.29 is 45.8 Å². The molecule has 1 aromatic heterocycles. The molecule has 0 aromatic carbocycles. The quantitative estimate of drug-likeness (QED) is 0.574. The maximum absolute atomic E-state index is 10.6. The molecule has 2 rings (SSSR count). The second-order valence-electron chi connectivity index (χ2n) is 4.74. The van der Waals surface area contributed by atoms with E-state index in [0.717, 1.165) is 32.0 Å². The number of nitrogens with zero attached hydrogens (tertiary/aromatic N) is 2. The Bertz CT molecular complexity index is 589. The lowest BCUT2D eigenvalue weighted by Gasteiger charge is -2.28. The molecular formula is C14H17F6N3O4. The summed E-state index contributed by atoms with van der Waals surface area (Å²) >= 11 is 0. The van der Waals surface area contributed by atoms with Crippen molar-refractivity contribution in [1.29, 1.82) is 0 Å². The molecule has 154 valence electrons. The minimum atomic E-state index is -5.08. The Morgan fingerprint density at radius 3 is 2.07 bits per heavy atom. The minimum absolute atomic E-state index is 0.682. The number of aromatic nitrogens is 1. The summed E-state index contributed by atoms with van der Waals surface area (Å²) in [6.07, 6.45) is -10.8. The van der Waals surface area contributed by atoms with E-state index < -0.39 is 24.6 Å². The highest BCUT2D eigenvalue weighted by Crippen LogP contribution is 2.15. The second-order valence-corrected chi connectivity index (χ2v) is 4.74. The normalized spacial score (nSPS) is 14.1. The van der Waals surface area contributed by atoms with Gasteiger partial charge in [-0.15, -0.1) is 0 Å². The number of piperazine rings is 1. The number of carbonyl (C=O) groups excluding carboxylic acids is 1. The van der Waals surface area contributed by atoms with Gasteiger partial charge in [0.15, 0.2) is 0 Å². The molecule has 1 saturated heterocycles. The van der Waals surface area contributed by atoms with Crippen molar-refractivity contribution in [2.45, 2.75) is 12.4 Å². The molecular weight excluding hydrogens is 388 g/mol. The van der Waals surface area contributed by atoms with Crippen LogP contribution in [0.3, 0.4) is 0 Å². The Hall–Kier alpha value is -2.57. The molecule has 2 N–H and O–H groups in total. The summed E-state index contributed by atoms with van der Waals surface area (Å²) < 4.78 is 68.1. The number of halogens is 6. The fourth-order valence-electron chi connectivity index (χ4n) is 1.59. The van der Waals surface area contributed by atoms with E-state index in [4.69, 9.17) is 19.4 Å². The van der Waals surface area contributed by atoms with Gasteiger partial charge in [0, 0.05) is 32.2 Å². The third kappa shape index (κ3) is 11.6. The van der Waals surface area contributed by atoms with Gasteiger partial charge in [-0.2, -0.15) is 31.3 Å². The Morgan fingerprint density at radius 1 is 1.22 bits per heavy atom. The number of ether oxygens (including phenoxy) is 1. The average Bonchev–Trinajstić information content (AvgIpc) is 2.62. The van der Waals surface area contributed by atoms with E-state index in [1.165, 1.54) is 0 Å². The molecule has 0 atom stereocenters. The summed E-state index contributed by atoms with van der Waals surface area (Å²) in [6.45, 7) is 4.08. The van der Waals surface area contributed by atoms with Crippen molar-refractivity contribution in [3.8, 4) is 5.88 Å². The first-order valence-electron chi connectivity index (χ1n) is 7.20. The van der Waals surface area contributed by atoms with Gasteiger partial charge in [0.25, 0.3) is 0 Å². The van der Waals surface area contributed by atoms with E-state index in [1.54, 1.807) is 7.11 Å². The van der Waals surface area contributed by atoms with E-state index in [2.05, 4.69) is 15.2 Å². The first-order chi connectivity index (χ1) is 12.4. The fraction of sp³-hybridized carbons (Fsp3) is 0.500. The third-order valence-electron chi connectivity index (χ3n) is 2.74. The number of carboxylic acids is 1. The van der Waals surface area contributed by atoms with Crippen LogP contribution in [0.2, 0.25) is 0 Å². The Balaban J connectivity index is 0.000000440. The van der Waals surface area contributed by atoms with Crippen LogP contribution in [0.4, 0.5) is 32.2 Å². The number of anilines is 1. The summed E-state index contributed by atoms with van der Waals surface area (Å²) in [7, 11) is 1.64. The SMILES string of the molecule is COc1cccc(N2CCNCC2)n1.O=C(O)C(F)(F)F.O=CC(F)(F)F. The number of pyridine rings is 1. The molecule has 1 aliphatic heterocycles. The van der Waals surface area contributed by atoms with Crippen molar-refractivity contribution in [2.24, 2.45) is 0 Å². The van der Waals surface area contributed by atoms with E-state index in [1.807, 2.05) is 18.2 Å². The summed E-state index contributed by atoms with van der Waals surface area (Å²) in [5, 5.41) is 10.4. The highest BCUT2D eigenvalue weighted by atomic mass is 19.4. The predicted octanol–water partition coefficient (Wildman–Crippen LogP) is 1.88. The van der Waals surface area contributed by atoms with Crippen LogP contribution in [0.15, 0.2) is 18.2 Å². The molecule has 0 saturated carbocycles. The van der Waals surface area contributed by atoms with Gasteiger partial charge in [0.05, 0.1) is 7.11 Å². The lowest BCUT2D eigenvalue weighted by molar-refractivity contribution is -0.192. The van der Waals surface area contributed by atoms with Crippen LogP contribution in [0.5, 0.6) is 5.88 Å². The fourth-order valence-corrected chi connectivity index (χ4v) is 1.59. The van der Waals surface area contributed by atoms with Gasteiger partial charge >= 0.3 is 18.3 Å². The highest BCUT2D eigenvalue weighted by molar-refractivity contribution is 5.73. The van der Waals surface area contributed by atoms with Gasteiger partial charge in [0.2, 0.25) is 12.2 Å². The van der Waals surface area contributed by atoms with Crippen LogP contribution < -0.4 is 15.0 Å². The van der Waals surface area contributed by atoms with Crippen molar-refractivity contribution in [1.82, 2.24) is 10.3 Å². The Kier molecular flexibility index (Phi) is 10.1. The largest absolute Gasteiger partial charge is 0.490 e. The monoisotopic (exact) mass is 405 g/mol. The molecule has 13 heteroatoms. The van der Waals surface area contributed by atoms with E-state index in [0.29, 0.717) is 5.88 Å². The van der Waals surface area contributed by atoms with E-state index in [9.17, 15) is 26.3 Å². The topological polar surface area (TPSA) is 91.8 Å². The van der Waals surface area contributed by atoms with Crippen molar-refractivity contribution in [3.05, 3.63) is 18.2 Å². The molecule has 0 bridgehead atoms. The van der Waals surface area contributed by atoms with Crippen LogP contribution in [0, 0.1) is 0 Å². The van der Waals surface area contributed by atoms with Gasteiger partial charge < -0.3 is 20.1 Å². The van der Waals surface area contributed by atoms with Crippen LogP contribution in [-0.4, -0.2) is 68.0 Å². The van der Waals surface area contributed by atoms with Crippen LogP contribution in [-0.2, 0) is 9.59 Å². The number of carboxylic acid groups (broad SMARTS) is 1. The number of carbonyl (C=O) groups is 2. The van der Waals surface area contributed by atoms with E-state index in [-0.39, 0.29) is 0 Å². The molecule has 1 aromatic rings. The summed E-state index contributed by atoms with van der Waals surface area (Å²) in [5.41, 5.74) is 0. The number of alkyl halides is 6. The van der Waals surface area contributed by atoms with Gasteiger partial charge in [-0.05, 0) is 6.07 Å². The Labute approximate surface area is 149 Å². The molecule has 0 aliphatic carbocycles. The van der Waals surface area contributed by atoms with Gasteiger partial charge in [-0.3, -0.25) is 4.79 Å². The third-order valence-corrected chi connectivity index (χ3v) is 2.74. The van der Waals surface area contributed by atoms with Crippen LogP contribution in [0.25, 0.3) is 0 Å².